The second-order valence-corrected chi connectivity index (χ2v) is 5.59. The number of aryl methyl sites for hydroxylation is 1. The summed E-state index contributed by atoms with van der Waals surface area (Å²) in [6, 6.07) is 15.0. The first-order valence-corrected chi connectivity index (χ1v) is 7.69. The van der Waals surface area contributed by atoms with Crippen LogP contribution in [0.25, 0.3) is 10.9 Å². The van der Waals surface area contributed by atoms with E-state index in [2.05, 4.69) is 10.3 Å². The molecule has 3 rings (SSSR count). The average Bonchev–Trinajstić information content (AvgIpc) is 2.57. The number of aliphatic hydroxyl groups excluding tert-OH is 1. The number of pyridine rings is 1. The van der Waals surface area contributed by atoms with Gasteiger partial charge >= 0.3 is 5.97 Å². The van der Waals surface area contributed by atoms with Crippen LogP contribution in [0, 0.1) is 6.92 Å². The molecule has 1 heterocycles. The normalized spacial score (nSPS) is 10.8. The highest BCUT2D eigenvalue weighted by Crippen LogP contribution is 2.30. The van der Waals surface area contributed by atoms with Gasteiger partial charge in [0.15, 0.2) is 5.69 Å². The molecule has 0 unspecified atom stereocenters. The van der Waals surface area contributed by atoms with Crippen molar-refractivity contribution in [2.75, 3.05) is 11.9 Å². The van der Waals surface area contributed by atoms with E-state index in [9.17, 15) is 15.0 Å². The molecule has 0 saturated heterocycles. The second-order valence-electron chi connectivity index (χ2n) is 5.59. The van der Waals surface area contributed by atoms with Gasteiger partial charge in [0.25, 0.3) is 0 Å². The van der Waals surface area contributed by atoms with Crippen LogP contribution in [0.2, 0.25) is 0 Å². The predicted octanol–water partition coefficient (Wildman–Crippen LogP) is 3.52. The number of carboxylic acids is 1. The van der Waals surface area contributed by atoms with Gasteiger partial charge in [-0.1, -0.05) is 36.4 Å². The van der Waals surface area contributed by atoms with Crippen LogP contribution in [0.15, 0.2) is 48.5 Å². The molecule has 0 aliphatic heterocycles. The van der Waals surface area contributed by atoms with Gasteiger partial charge in [0, 0.05) is 17.7 Å². The minimum absolute atomic E-state index is 0.0152. The molecule has 0 aliphatic rings. The number of fused-ring (bicyclic) bond motifs is 1. The van der Waals surface area contributed by atoms with Gasteiger partial charge < -0.3 is 15.5 Å². The van der Waals surface area contributed by atoms with Gasteiger partial charge in [0.05, 0.1) is 11.2 Å². The van der Waals surface area contributed by atoms with Crippen molar-refractivity contribution in [3.63, 3.8) is 0 Å². The van der Waals surface area contributed by atoms with Crippen LogP contribution in [0.1, 0.15) is 21.6 Å². The Labute approximate surface area is 139 Å². The molecule has 3 N–H and O–H groups in total. The molecule has 3 aromatic rings. The molecule has 0 amide bonds. The summed E-state index contributed by atoms with van der Waals surface area (Å²) >= 11 is 0. The monoisotopic (exact) mass is 322 g/mol. The van der Waals surface area contributed by atoms with Crippen molar-refractivity contribution in [1.29, 1.82) is 0 Å². The van der Waals surface area contributed by atoms with Crippen molar-refractivity contribution in [2.45, 2.75) is 13.3 Å². The number of hydrogen-bond acceptors (Lipinski definition) is 4. The third kappa shape index (κ3) is 3.07. The van der Waals surface area contributed by atoms with E-state index in [4.69, 9.17) is 0 Å². The summed E-state index contributed by atoms with van der Waals surface area (Å²) < 4.78 is 0. The number of aliphatic hydroxyl groups is 1. The van der Waals surface area contributed by atoms with Crippen LogP contribution >= 0.6 is 0 Å². The lowest BCUT2D eigenvalue weighted by Gasteiger charge is -2.14. The van der Waals surface area contributed by atoms with Crippen LogP contribution in [0.5, 0.6) is 0 Å². The first-order chi connectivity index (χ1) is 11.6. The molecule has 0 aliphatic carbocycles. The minimum Gasteiger partial charge on any atom is -0.477 e. The van der Waals surface area contributed by atoms with E-state index >= 15 is 0 Å². The SMILES string of the molecule is Cc1ccccc1Nc1cc(C(=O)O)nc2c(CCO)cccc12. The summed E-state index contributed by atoms with van der Waals surface area (Å²) in [5, 5.41) is 22.8. The number of nitrogens with zero attached hydrogens (tertiary/aromatic N) is 1. The molecule has 122 valence electrons. The summed E-state index contributed by atoms with van der Waals surface area (Å²) in [7, 11) is 0. The number of hydrogen-bond donors (Lipinski definition) is 3. The molecule has 1 aromatic heterocycles. The minimum atomic E-state index is -1.08. The van der Waals surface area contributed by atoms with Crippen LogP contribution < -0.4 is 5.32 Å². The zero-order chi connectivity index (χ0) is 17.1. The number of carboxylic acid groups (broad SMARTS) is 1. The van der Waals surface area contributed by atoms with Crippen LogP contribution in [0.3, 0.4) is 0 Å². The van der Waals surface area contributed by atoms with Gasteiger partial charge in [-0.3, -0.25) is 0 Å². The summed E-state index contributed by atoms with van der Waals surface area (Å²) in [5.41, 5.74) is 4.06. The Kier molecular flexibility index (Phi) is 4.44. The Balaban J connectivity index is 2.20. The standard InChI is InChI=1S/C19H18N2O3/c1-12-5-2-3-8-15(12)20-16-11-17(19(23)24)21-18-13(9-10-22)6-4-7-14(16)18/h2-8,11,22H,9-10H2,1H3,(H,20,21)(H,23,24). The predicted molar refractivity (Wildman–Crippen MR) is 94.0 cm³/mol. The molecule has 0 fully saturated rings. The number of nitrogens with one attached hydrogen (secondary N) is 1. The first kappa shape index (κ1) is 16.0. The van der Waals surface area contributed by atoms with Gasteiger partial charge in [-0.15, -0.1) is 0 Å². The Bertz CT molecular complexity index is 906. The Morgan fingerprint density at radius 1 is 1.12 bits per heavy atom. The molecule has 5 heteroatoms. The number of carbonyl (C=O) groups is 1. The molecule has 24 heavy (non-hydrogen) atoms. The number of para-hydroxylation sites is 2. The lowest BCUT2D eigenvalue weighted by atomic mass is 10.0. The molecule has 0 bridgehead atoms. The van der Waals surface area contributed by atoms with E-state index in [-0.39, 0.29) is 12.3 Å². The smallest absolute Gasteiger partial charge is 0.354 e. The third-order valence-corrected chi connectivity index (χ3v) is 3.94. The quantitative estimate of drug-likeness (QED) is 0.669. The maximum Gasteiger partial charge on any atom is 0.354 e. The number of benzene rings is 2. The molecule has 0 saturated carbocycles. The summed E-state index contributed by atoms with van der Waals surface area (Å²) in [6.45, 7) is 1.97. The van der Waals surface area contributed by atoms with Gasteiger partial charge in [-0.05, 0) is 36.6 Å². The Morgan fingerprint density at radius 3 is 2.62 bits per heavy atom. The number of aromatic carboxylic acids is 1. The second kappa shape index (κ2) is 6.68. The highest BCUT2D eigenvalue weighted by Gasteiger charge is 2.14. The zero-order valence-corrected chi connectivity index (χ0v) is 13.3. The van der Waals surface area contributed by atoms with Gasteiger partial charge in [-0.25, -0.2) is 9.78 Å². The Hall–Kier alpha value is -2.92. The van der Waals surface area contributed by atoms with Gasteiger partial charge in [0.2, 0.25) is 0 Å². The van der Waals surface area contributed by atoms with Crippen molar-refractivity contribution >= 4 is 28.2 Å². The zero-order valence-electron chi connectivity index (χ0n) is 13.3. The van der Waals surface area contributed by atoms with E-state index in [0.717, 1.165) is 22.2 Å². The van der Waals surface area contributed by atoms with Crippen LogP contribution in [-0.2, 0) is 6.42 Å². The molecular weight excluding hydrogens is 304 g/mol. The fourth-order valence-corrected chi connectivity index (χ4v) is 2.70. The largest absolute Gasteiger partial charge is 0.477 e. The first-order valence-electron chi connectivity index (χ1n) is 7.69. The molecule has 0 spiro atoms. The third-order valence-electron chi connectivity index (χ3n) is 3.94. The highest BCUT2D eigenvalue weighted by atomic mass is 16.4. The summed E-state index contributed by atoms with van der Waals surface area (Å²) in [6.07, 6.45) is 0.428. The van der Waals surface area contributed by atoms with Crippen molar-refractivity contribution < 1.29 is 15.0 Å². The van der Waals surface area contributed by atoms with Crippen molar-refractivity contribution in [2.24, 2.45) is 0 Å². The maximum absolute atomic E-state index is 11.4. The molecular formula is C19H18N2O3. The topological polar surface area (TPSA) is 82.5 Å². The van der Waals surface area contributed by atoms with Crippen molar-refractivity contribution in [3.8, 4) is 0 Å². The number of rotatable bonds is 5. The van der Waals surface area contributed by atoms with Crippen molar-refractivity contribution in [1.82, 2.24) is 4.98 Å². The lowest BCUT2D eigenvalue weighted by Crippen LogP contribution is -2.05. The lowest BCUT2D eigenvalue weighted by molar-refractivity contribution is 0.0691. The highest BCUT2D eigenvalue weighted by molar-refractivity contribution is 5.99. The van der Waals surface area contributed by atoms with Crippen LogP contribution in [0.4, 0.5) is 11.4 Å². The summed E-state index contributed by atoms with van der Waals surface area (Å²) in [5.74, 6) is -1.08. The van der Waals surface area contributed by atoms with Gasteiger partial charge in [-0.2, -0.15) is 0 Å². The summed E-state index contributed by atoms with van der Waals surface area (Å²) in [4.78, 5) is 15.7. The van der Waals surface area contributed by atoms with Gasteiger partial charge in [0.1, 0.15) is 0 Å². The number of anilines is 2. The fraction of sp³-hybridized carbons (Fsp3) is 0.158. The van der Waals surface area contributed by atoms with Crippen molar-refractivity contribution in [3.05, 3.63) is 65.4 Å². The number of aromatic nitrogens is 1. The maximum atomic E-state index is 11.4. The molecule has 2 aromatic carbocycles. The average molecular weight is 322 g/mol. The molecule has 5 nitrogen and oxygen atoms in total. The molecule has 0 radical (unpaired) electrons. The van der Waals surface area contributed by atoms with E-state index in [1.807, 2.05) is 49.4 Å². The molecule has 0 atom stereocenters. The van der Waals surface area contributed by atoms with Crippen LogP contribution in [-0.4, -0.2) is 27.8 Å². The van der Waals surface area contributed by atoms with E-state index in [1.54, 1.807) is 6.07 Å². The fourth-order valence-electron chi connectivity index (χ4n) is 2.70. The van der Waals surface area contributed by atoms with E-state index < -0.39 is 5.97 Å². The Morgan fingerprint density at radius 2 is 1.92 bits per heavy atom. The van der Waals surface area contributed by atoms with E-state index in [0.29, 0.717) is 17.6 Å². The van der Waals surface area contributed by atoms with E-state index in [1.165, 1.54) is 0 Å².